The van der Waals surface area contributed by atoms with Gasteiger partial charge in [-0.15, -0.1) is 0 Å². The maximum absolute atomic E-state index is 13.7. The van der Waals surface area contributed by atoms with Gasteiger partial charge < -0.3 is 42.3 Å². The molecule has 0 aromatic rings. The Morgan fingerprint density at radius 1 is 0.892 bits per heavy atom. The van der Waals surface area contributed by atoms with Gasteiger partial charge in [-0.25, -0.2) is 4.79 Å². The zero-order valence-electron chi connectivity index (χ0n) is 21.0. The number of rotatable bonds is 10. The van der Waals surface area contributed by atoms with E-state index in [2.05, 4.69) is 10.3 Å². The van der Waals surface area contributed by atoms with Crippen LogP contribution in [0.15, 0.2) is 4.99 Å². The molecule has 3 aliphatic heterocycles. The third-order valence-corrected chi connectivity index (χ3v) is 7.25. The average molecular weight is 523 g/mol. The summed E-state index contributed by atoms with van der Waals surface area (Å²) < 4.78 is 0. The fourth-order valence-electron chi connectivity index (χ4n) is 5.45. The highest BCUT2D eigenvalue weighted by molar-refractivity contribution is 5.95. The van der Waals surface area contributed by atoms with E-state index in [-0.39, 0.29) is 37.3 Å². The summed E-state index contributed by atoms with van der Waals surface area (Å²) in [4.78, 5) is 72.1. The summed E-state index contributed by atoms with van der Waals surface area (Å²) >= 11 is 0. The van der Waals surface area contributed by atoms with E-state index in [1.54, 1.807) is 0 Å². The lowest BCUT2D eigenvalue weighted by Gasteiger charge is -2.33. The van der Waals surface area contributed by atoms with E-state index in [9.17, 15) is 29.1 Å². The number of guanidine groups is 1. The van der Waals surface area contributed by atoms with Crippen molar-refractivity contribution in [1.29, 1.82) is 0 Å². The Kier molecular flexibility index (Phi) is 9.66. The number of hydrogen-bond acceptors (Lipinski definition) is 7. The number of nitrogens with two attached hydrogens (primary N) is 3. The van der Waals surface area contributed by atoms with Crippen molar-refractivity contribution in [3.63, 3.8) is 0 Å². The lowest BCUT2D eigenvalue weighted by molar-refractivity contribution is -0.152. The van der Waals surface area contributed by atoms with Crippen molar-refractivity contribution in [3.8, 4) is 0 Å². The van der Waals surface area contributed by atoms with Crippen LogP contribution in [-0.4, -0.2) is 112 Å². The summed E-state index contributed by atoms with van der Waals surface area (Å²) in [6.45, 7) is 1.11. The second-order valence-electron chi connectivity index (χ2n) is 9.68. The van der Waals surface area contributed by atoms with E-state index in [0.717, 1.165) is 0 Å². The number of aliphatic carboxylic acids is 1. The molecule has 0 radical (unpaired) electrons. The van der Waals surface area contributed by atoms with E-state index in [1.165, 1.54) is 14.7 Å². The maximum atomic E-state index is 13.7. The molecular formula is C23H38N8O6. The average Bonchev–Trinajstić information content (AvgIpc) is 3.64. The molecule has 206 valence electrons. The summed E-state index contributed by atoms with van der Waals surface area (Å²) in [6.07, 6.45) is 3.70. The van der Waals surface area contributed by atoms with Crippen LogP contribution < -0.4 is 22.5 Å². The summed E-state index contributed by atoms with van der Waals surface area (Å²) in [7, 11) is 0. The standard InChI is InChI=1S/C23H38N8O6/c24-13-18(32)29-10-2-6-15(29)19(33)28-14(5-1-9-27-23(25)26)20(34)30-11-3-7-16(30)21(35)31-12-4-8-17(31)22(36)37/h14-17H,1-13,24H2,(H,28,33)(H,36,37)(H4,25,26,27)/t14-,15-,16-,17-/m0/s1. The molecule has 14 heteroatoms. The molecule has 0 aromatic heterocycles. The molecule has 0 aliphatic carbocycles. The van der Waals surface area contributed by atoms with Gasteiger partial charge in [0.25, 0.3) is 0 Å². The molecule has 8 N–H and O–H groups in total. The second kappa shape index (κ2) is 12.7. The van der Waals surface area contributed by atoms with E-state index in [0.29, 0.717) is 64.6 Å². The smallest absolute Gasteiger partial charge is 0.326 e. The lowest BCUT2D eigenvalue weighted by Crippen LogP contribution is -2.57. The Morgan fingerprint density at radius 3 is 2.11 bits per heavy atom. The Hall–Kier alpha value is -3.42. The van der Waals surface area contributed by atoms with Gasteiger partial charge in [-0.3, -0.25) is 24.2 Å². The van der Waals surface area contributed by atoms with Crippen molar-refractivity contribution >= 4 is 35.6 Å². The van der Waals surface area contributed by atoms with Gasteiger partial charge in [-0.2, -0.15) is 0 Å². The first-order valence-corrected chi connectivity index (χ1v) is 12.8. The number of nitrogens with zero attached hydrogens (tertiary/aromatic N) is 4. The van der Waals surface area contributed by atoms with Crippen molar-refractivity contribution in [2.24, 2.45) is 22.2 Å². The molecule has 3 saturated heterocycles. The number of hydrogen-bond donors (Lipinski definition) is 5. The zero-order chi connectivity index (χ0) is 27.1. The minimum absolute atomic E-state index is 0.0855. The van der Waals surface area contributed by atoms with Crippen LogP contribution in [0.1, 0.15) is 51.4 Å². The Balaban J connectivity index is 1.75. The number of carbonyl (C=O) groups excluding carboxylic acids is 4. The maximum Gasteiger partial charge on any atom is 0.326 e. The fraction of sp³-hybridized carbons (Fsp3) is 0.739. The van der Waals surface area contributed by atoms with E-state index in [4.69, 9.17) is 17.2 Å². The van der Waals surface area contributed by atoms with Gasteiger partial charge in [0, 0.05) is 26.2 Å². The molecule has 0 aromatic carbocycles. The van der Waals surface area contributed by atoms with Gasteiger partial charge in [0.2, 0.25) is 23.6 Å². The Labute approximate surface area is 215 Å². The molecular weight excluding hydrogens is 484 g/mol. The van der Waals surface area contributed by atoms with Gasteiger partial charge in [-0.05, 0) is 51.4 Å². The monoisotopic (exact) mass is 522 g/mol. The molecule has 3 heterocycles. The number of carboxylic acids is 1. The molecule has 3 aliphatic rings. The second-order valence-corrected chi connectivity index (χ2v) is 9.68. The third kappa shape index (κ3) is 6.67. The van der Waals surface area contributed by atoms with Gasteiger partial charge in [0.05, 0.1) is 6.54 Å². The zero-order valence-corrected chi connectivity index (χ0v) is 21.0. The molecule has 4 amide bonds. The molecule has 37 heavy (non-hydrogen) atoms. The van der Waals surface area contributed by atoms with Crippen LogP contribution in [0, 0.1) is 0 Å². The fourth-order valence-corrected chi connectivity index (χ4v) is 5.45. The normalized spacial score (nSPS) is 24.1. The minimum atomic E-state index is -1.06. The van der Waals surface area contributed by atoms with Crippen molar-refractivity contribution in [2.45, 2.75) is 75.5 Å². The Morgan fingerprint density at radius 2 is 1.49 bits per heavy atom. The van der Waals surface area contributed by atoms with Crippen LogP contribution in [0.4, 0.5) is 0 Å². The molecule has 4 atom stereocenters. The number of nitrogens with one attached hydrogen (secondary N) is 1. The van der Waals surface area contributed by atoms with Crippen LogP contribution in [0.2, 0.25) is 0 Å². The van der Waals surface area contributed by atoms with Crippen molar-refractivity contribution < 1.29 is 29.1 Å². The molecule has 3 rings (SSSR count). The predicted octanol–water partition coefficient (Wildman–Crippen LogP) is -2.46. The summed E-state index contributed by atoms with van der Waals surface area (Å²) in [6, 6.07) is -3.36. The summed E-state index contributed by atoms with van der Waals surface area (Å²) in [5.74, 6) is -2.73. The summed E-state index contributed by atoms with van der Waals surface area (Å²) in [5.41, 5.74) is 16.3. The lowest BCUT2D eigenvalue weighted by atomic mass is 10.1. The SMILES string of the molecule is NCC(=O)N1CCC[C@H]1C(=O)N[C@@H](CCCN=C(N)N)C(=O)N1CCC[C@H]1C(=O)N1CCC[C@H]1C(=O)O. The van der Waals surface area contributed by atoms with Crippen LogP contribution in [-0.2, 0) is 24.0 Å². The molecule has 3 fully saturated rings. The molecule has 14 nitrogen and oxygen atoms in total. The Bertz CT molecular complexity index is 923. The molecule has 0 bridgehead atoms. The third-order valence-electron chi connectivity index (χ3n) is 7.25. The highest BCUT2D eigenvalue weighted by atomic mass is 16.4. The molecule has 0 unspecified atom stereocenters. The highest BCUT2D eigenvalue weighted by Crippen LogP contribution is 2.26. The molecule has 0 saturated carbocycles. The van der Waals surface area contributed by atoms with E-state index >= 15 is 0 Å². The van der Waals surface area contributed by atoms with Crippen molar-refractivity contribution in [3.05, 3.63) is 0 Å². The highest BCUT2D eigenvalue weighted by Gasteiger charge is 2.44. The van der Waals surface area contributed by atoms with Gasteiger partial charge in [0.15, 0.2) is 5.96 Å². The minimum Gasteiger partial charge on any atom is -0.480 e. The van der Waals surface area contributed by atoms with Gasteiger partial charge in [-0.1, -0.05) is 0 Å². The van der Waals surface area contributed by atoms with Gasteiger partial charge in [0.1, 0.15) is 24.2 Å². The van der Waals surface area contributed by atoms with Crippen molar-refractivity contribution in [1.82, 2.24) is 20.0 Å². The predicted molar refractivity (Wildman–Crippen MR) is 133 cm³/mol. The number of carbonyl (C=O) groups is 5. The largest absolute Gasteiger partial charge is 0.480 e. The van der Waals surface area contributed by atoms with E-state index < -0.39 is 42.0 Å². The topological polar surface area (TPSA) is 218 Å². The first kappa shape index (κ1) is 28.2. The van der Waals surface area contributed by atoms with Crippen LogP contribution in [0.5, 0.6) is 0 Å². The molecule has 0 spiro atoms. The van der Waals surface area contributed by atoms with Crippen LogP contribution in [0.3, 0.4) is 0 Å². The number of likely N-dealkylation sites (tertiary alicyclic amines) is 3. The first-order chi connectivity index (χ1) is 17.6. The quantitative estimate of drug-likeness (QED) is 0.117. The summed E-state index contributed by atoms with van der Waals surface area (Å²) in [5, 5.41) is 12.3. The number of aliphatic imine (C=N–C) groups is 1. The van der Waals surface area contributed by atoms with E-state index in [1.807, 2.05) is 0 Å². The number of amides is 4. The first-order valence-electron chi connectivity index (χ1n) is 12.8. The van der Waals surface area contributed by atoms with Gasteiger partial charge >= 0.3 is 5.97 Å². The van der Waals surface area contributed by atoms with Crippen LogP contribution in [0.25, 0.3) is 0 Å². The van der Waals surface area contributed by atoms with Crippen molar-refractivity contribution in [2.75, 3.05) is 32.7 Å². The van der Waals surface area contributed by atoms with Crippen LogP contribution >= 0.6 is 0 Å². The number of carboxylic acid groups (broad SMARTS) is 1.